The number of imidazole rings is 1. The number of aromatic nitrogens is 3. The van der Waals surface area contributed by atoms with Gasteiger partial charge in [0.25, 0.3) is 0 Å². The van der Waals surface area contributed by atoms with Crippen molar-refractivity contribution in [2.24, 2.45) is 0 Å². The number of rotatable bonds is 2. The molecule has 0 amide bonds. The molecule has 0 bridgehead atoms. The van der Waals surface area contributed by atoms with Crippen molar-refractivity contribution in [1.82, 2.24) is 15.0 Å². The summed E-state index contributed by atoms with van der Waals surface area (Å²) in [5.74, 6) is 1.67. The normalized spacial score (nSPS) is 15.5. The van der Waals surface area contributed by atoms with Gasteiger partial charge in [-0.05, 0) is 31.4 Å². The average Bonchev–Trinajstić information content (AvgIpc) is 2.99. The molecule has 1 saturated carbocycles. The lowest BCUT2D eigenvalue weighted by atomic mass is 10.1. The van der Waals surface area contributed by atoms with Gasteiger partial charge in [-0.15, -0.1) is 0 Å². The van der Waals surface area contributed by atoms with Crippen LogP contribution < -0.4 is 0 Å². The third-order valence-corrected chi connectivity index (χ3v) is 2.91. The molecule has 3 nitrogen and oxygen atoms in total. The zero-order valence-corrected chi connectivity index (χ0v) is 8.70. The number of H-pyrrole nitrogens is 1. The second kappa shape index (κ2) is 3.19. The summed E-state index contributed by atoms with van der Waals surface area (Å²) < 4.78 is 0. The largest absolute Gasteiger partial charge is 0.342 e. The molecule has 2 aromatic rings. The van der Waals surface area contributed by atoms with Gasteiger partial charge in [0, 0.05) is 35.8 Å². The Bertz CT molecular complexity index is 483. The van der Waals surface area contributed by atoms with Crippen LogP contribution in [-0.2, 0) is 0 Å². The maximum atomic E-state index is 4.41. The topological polar surface area (TPSA) is 41.6 Å². The Kier molecular flexibility index (Phi) is 1.84. The van der Waals surface area contributed by atoms with E-state index in [4.69, 9.17) is 0 Å². The highest BCUT2D eigenvalue weighted by Gasteiger charge is 2.25. The lowest BCUT2D eigenvalue weighted by molar-refractivity contribution is 1.05. The minimum atomic E-state index is 0.725. The molecule has 0 atom stereocenters. The van der Waals surface area contributed by atoms with Crippen molar-refractivity contribution >= 4 is 0 Å². The lowest BCUT2D eigenvalue weighted by Gasteiger charge is -2.00. The Labute approximate surface area is 88.6 Å². The molecule has 3 heteroatoms. The first-order valence-electron chi connectivity index (χ1n) is 5.30. The first kappa shape index (κ1) is 8.65. The molecule has 0 radical (unpaired) electrons. The molecular weight excluding hydrogens is 186 g/mol. The summed E-state index contributed by atoms with van der Waals surface area (Å²) in [5.41, 5.74) is 3.58. The Morgan fingerprint density at radius 3 is 2.93 bits per heavy atom. The quantitative estimate of drug-likeness (QED) is 0.807. The number of pyridine rings is 1. The van der Waals surface area contributed by atoms with E-state index in [-0.39, 0.29) is 0 Å². The molecular formula is C12H13N3. The smallest absolute Gasteiger partial charge is 0.139 e. The Morgan fingerprint density at radius 2 is 2.20 bits per heavy atom. The molecule has 3 rings (SSSR count). The molecule has 2 aromatic heterocycles. The summed E-state index contributed by atoms with van der Waals surface area (Å²) in [6.07, 6.45) is 8.23. The molecule has 0 spiro atoms. The van der Waals surface area contributed by atoms with Gasteiger partial charge in [0.05, 0.1) is 0 Å². The van der Waals surface area contributed by atoms with Gasteiger partial charge in [-0.1, -0.05) is 0 Å². The zero-order valence-electron chi connectivity index (χ0n) is 8.70. The maximum absolute atomic E-state index is 4.41. The molecule has 0 aliphatic heterocycles. The van der Waals surface area contributed by atoms with Crippen LogP contribution in [0.4, 0.5) is 0 Å². The van der Waals surface area contributed by atoms with Gasteiger partial charge >= 0.3 is 0 Å². The van der Waals surface area contributed by atoms with Crippen LogP contribution in [0.2, 0.25) is 0 Å². The Hall–Kier alpha value is -1.64. The van der Waals surface area contributed by atoms with E-state index in [1.54, 1.807) is 0 Å². The van der Waals surface area contributed by atoms with E-state index in [0.29, 0.717) is 0 Å². The van der Waals surface area contributed by atoms with Gasteiger partial charge in [0.2, 0.25) is 0 Å². The summed E-state index contributed by atoms with van der Waals surface area (Å²) in [6.45, 7) is 2.08. The van der Waals surface area contributed by atoms with Crippen LogP contribution in [0.25, 0.3) is 11.4 Å². The van der Waals surface area contributed by atoms with E-state index < -0.39 is 0 Å². The molecule has 76 valence electrons. The van der Waals surface area contributed by atoms with E-state index in [1.807, 2.05) is 24.7 Å². The number of hydrogen-bond donors (Lipinski definition) is 1. The van der Waals surface area contributed by atoms with E-state index in [2.05, 4.69) is 21.9 Å². The third kappa shape index (κ3) is 1.54. The fraction of sp³-hybridized carbons (Fsp3) is 0.333. The van der Waals surface area contributed by atoms with Gasteiger partial charge < -0.3 is 4.98 Å². The lowest BCUT2D eigenvalue weighted by Crippen LogP contribution is -1.87. The van der Waals surface area contributed by atoms with Crippen LogP contribution in [0.5, 0.6) is 0 Å². The van der Waals surface area contributed by atoms with Crippen LogP contribution in [0.15, 0.2) is 24.7 Å². The van der Waals surface area contributed by atoms with Crippen molar-refractivity contribution in [3.63, 3.8) is 0 Å². The molecule has 1 fully saturated rings. The van der Waals surface area contributed by atoms with Gasteiger partial charge in [-0.25, -0.2) is 4.98 Å². The third-order valence-electron chi connectivity index (χ3n) is 2.91. The fourth-order valence-electron chi connectivity index (χ4n) is 1.79. The Balaban J connectivity index is 2.01. The van der Waals surface area contributed by atoms with Gasteiger partial charge in [0.15, 0.2) is 0 Å². The van der Waals surface area contributed by atoms with E-state index >= 15 is 0 Å². The second-order valence-corrected chi connectivity index (χ2v) is 4.15. The van der Waals surface area contributed by atoms with Gasteiger partial charge in [0.1, 0.15) is 5.82 Å². The zero-order chi connectivity index (χ0) is 10.3. The minimum Gasteiger partial charge on any atom is -0.342 e. The van der Waals surface area contributed by atoms with E-state index in [9.17, 15) is 0 Å². The van der Waals surface area contributed by atoms with Crippen molar-refractivity contribution < 1.29 is 0 Å². The van der Waals surface area contributed by atoms with Crippen LogP contribution in [0.1, 0.15) is 30.0 Å². The van der Waals surface area contributed by atoms with Crippen LogP contribution >= 0.6 is 0 Å². The minimum absolute atomic E-state index is 0.725. The van der Waals surface area contributed by atoms with Crippen molar-refractivity contribution in [1.29, 1.82) is 0 Å². The molecule has 1 aliphatic rings. The summed E-state index contributed by atoms with van der Waals surface area (Å²) in [4.78, 5) is 11.9. The Morgan fingerprint density at radius 1 is 1.33 bits per heavy atom. The summed E-state index contributed by atoms with van der Waals surface area (Å²) in [6, 6.07) is 2.01. The molecule has 1 N–H and O–H groups in total. The van der Waals surface area contributed by atoms with Crippen molar-refractivity contribution in [2.45, 2.75) is 25.7 Å². The predicted molar refractivity (Wildman–Crippen MR) is 58.5 cm³/mol. The van der Waals surface area contributed by atoms with Crippen LogP contribution in [-0.4, -0.2) is 15.0 Å². The van der Waals surface area contributed by atoms with Crippen LogP contribution in [0.3, 0.4) is 0 Å². The van der Waals surface area contributed by atoms with Gasteiger partial charge in [-0.2, -0.15) is 0 Å². The molecule has 0 unspecified atom stereocenters. The molecule has 15 heavy (non-hydrogen) atoms. The number of aryl methyl sites for hydroxylation is 1. The number of aromatic amines is 1. The number of hydrogen-bond acceptors (Lipinski definition) is 2. The highest BCUT2D eigenvalue weighted by atomic mass is 14.9. The monoisotopic (exact) mass is 199 g/mol. The first-order valence-corrected chi connectivity index (χ1v) is 5.30. The average molecular weight is 199 g/mol. The highest BCUT2D eigenvalue weighted by molar-refractivity contribution is 5.58. The molecule has 2 heterocycles. The number of nitrogens with one attached hydrogen (secondary N) is 1. The summed E-state index contributed by atoms with van der Waals surface area (Å²) in [5, 5.41) is 0. The first-order chi connectivity index (χ1) is 7.34. The SMILES string of the molecule is Cc1ccncc1-c1ncc(C2CC2)[nH]1. The van der Waals surface area contributed by atoms with Crippen molar-refractivity contribution in [2.75, 3.05) is 0 Å². The van der Waals surface area contributed by atoms with Crippen molar-refractivity contribution in [3.05, 3.63) is 35.9 Å². The molecule has 0 saturated heterocycles. The summed E-state index contributed by atoms with van der Waals surface area (Å²) in [7, 11) is 0. The molecule has 0 aromatic carbocycles. The van der Waals surface area contributed by atoms with Crippen LogP contribution in [0, 0.1) is 6.92 Å². The highest BCUT2D eigenvalue weighted by Crippen LogP contribution is 2.39. The standard InChI is InChI=1S/C12H13N3/c1-8-4-5-13-6-10(8)12-14-7-11(15-12)9-2-3-9/h4-7,9H,2-3H2,1H3,(H,14,15). The van der Waals surface area contributed by atoms with E-state index in [1.165, 1.54) is 24.1 Å². The second-order valence-electron chi connectivity index (χ2n) is 4.15. The van der Waals surface area contributed by atoms with E-state index in [0.717, 1.165) is 17.3 Å². The number of nitrogens with zero attached hydrogens (tertiary/aromatic N) is 2. The fourth-order valence-corrected chi connectivity index (χ4v) is 1.79. The van der Waals surface area contributed by atoms with Crippen molar-refractivity contribution in [3.8, 4) is 11.4 Å². The summed E-state index contributed by atoms with van der Waals surface area (Å²) >= 11 is 0. The predicted octanol–water partition coefficient (Wildman–Crippen LogP) is 2.66. The molecule has 1 aliphatic carbocycles. The maximum Gasteiger partial charge on any atom is 0.139 e. The van der Waals surface area contributed by atoms with Gasteiger partial charge in [-0.3, -0.25) is 4.98 Å².